The van der Waals surface area contributed by atoms with E-state index < -0.39 is 5.91 Å². The van der Waals surface area contributed by atoms with Crippen LogP contribution in [0.4, 0.5) is 4.79 Å². The van der Waals surface area contributed by atoms with Crippen LogP contribution in [-0.2, 0) is 9.53 Å². The molecule has 2 aliphatic rings. The summed E-state index contributed by atoms with van der Waals surface area (Å²) in [5.41, 5.74) is 0. The van der Waals surface area contributed by atoms with Gasteiger partial charge in [0.2, 0.25) is 5.91 Å². The van der Waals surface area contributed by atoms with Gasteiger partial charge >= 0.3 is 6.03 Å². The topological polar surface area (TPSA) is 61.9 Å². The molecular formula is C11H18ClN3O3. The third-order valence-electron chi connectivity index (χ3n) is 3.38. The van der Waals surface area contributed by atoms with E-state index in [-0.39, 0.29) is 11.9 Å². The lowest BCUT2D eigenvalue weighted by molar-refractivity contribution is -0.117. The molecule has 1 N–H and O–H groups in total. The van der Waals surface area contributed by atoms with Gasteiger partial charge in [0.25, 0.3) is 0 Å². The Bertz CT molecular complexity index is 321. The fourth-order valence-electron chi connectivity index (χ4n) is 2.40. The number of nitrogens with one attached hydrogen (secondary N) is 1. The Hall–Kier alpha value is -0.850. The molecule has 1 atom stereocenters. The zero-order valence-corrected chi connectivity index (χ0v) is 11.0. The predicted molar refractivity (Wildman–Crippen MR) is 66.6 cm³/mol. The van der Waals surface area contributed by atoms with Crippen LogP contribution in [0.5, 0.6) is 0 Å². The lowest BCUT2D eigenvalue weighted by Crippen LogP contribution is -2.47. The van der Waals surface area contributed by atoms with Crippen LogP contribution < -0.4 is 5.32 Å². The molecule has 0 aliphatic carbocycles. The summed E-state index contributed by atoms with van der Waals surface area (Å²) in [4.78, 5) is 26.8. The SMILES string of the molecule is O=C(CCl)NC(=O)N1CCC(N2CCOCC2)C1. The third kappa shape index (κ3) is 3.34. The minimum Gasteiger partial charge on any atom is -0.379 e. The van der Waals surface area contributed by atoms with Gasteiger partial charge in [-0.15, -0.1) is 11.6 Å². The van der Waals surface area contributed by atoms with Crippen molar-refractivity contribution in [2.24, 2.45) is 0 Å². The van der Waals surface area contributed by atoms with Crippen molar-refractivity contribution < 1.29 is 14.3 Å². The van der Waals surface area contributed by atoms with Crippen molar-refractivity contribution in [2.75, 3.05) is 45.3 Å². The molecule has 2 fully saturated rings. The molecule has 1 unspecified atom stereocenters. The first kappa shape index (κ1) is 13.6. The molecule has 3 amide bonds. The van der Waals surface area contributed by atoms with Crippen LogP contribution in [0.1, 0.15) is 6.42 Å². The number of hydrogen-bond acceptors (Lipinski definition) is 4. The van der Waals surface area contributed by atoms with Crippen LogP contribution in [0.2, 0.25) is 0 Å². The van der Waals surface area contributed by atoms with Crippen LogP contribution in [0.15, 0.2) is 0 Å². The highest BCUT2D eigenvalue weighted by molar-refractivity contribution is 6.28. The number of carbonyl (C=O) groups is 2. The van der Waals surface area contributed by atoms with Crippen molar-refractivity contribution in [2.45, 2.75) is 12.5 Å². The number of alkyl halides is 1. The van der Waals surface area contributed by atoms with Gasteiger partial charge in [-0.2, -0.15) is 0 Å². The van der Waals surface area contributed by atoms with E-state index in [4.69, 9.17) is 16.3 Å². The second-order valence-electron chi connectivity index (χ2n) is 4.52. The number of rotatable bonds is 2. The van der Waals surface area contributed by atoms with Crippen molar-refractivity contribution in [1.29, 1.82) is 0 Å². The molecule has 2 heterocycles. The molecule has 0 aromatic rings. The maximum absolute atomic E-state index is 11.7. The quantitative estimate of drug-likeness (QED) is 0.713. The van der Waals surface area contributed by atoms with E-state index in [1.807, 2.05) is 0 Å². The zero-order chi connectivity index (χ0) is 13.0. The summed E-state index contributed by atoms with van der Waals surface area (Å²) in [6.07, 6.45) is 0.947. The molecular weight excluding hydrogens is 258 g/mol. The van der Waals surface area contributed by atoms with Gasteiger partial charge in [-0.1, -0.05) is 0 Å². The molecule has 0 aromatic heterocycles. The molecule has 7 heteroatoms. The molecule has 102 valence electrons. The number of imide groups is 1. The van der Waals surface area contributed by atoms with Crippen molar-refractivity contribution >= 4 is 23.5 Å². The van der Waals surface area contributed by atoms with Crippen LogP contribution in [-0.4, -0.2) is 73.1 Å². The lowest BCUT2D eigenvalue weighted by atomic mass is 10.2. The summed E-state index contributed by atoms with van der Waals surface area (Å²) < 4.78 is 5.31. The van der Waals surface area contributed by atoms with Crippen molar-refractivity contribution in [3.63, 3.8) is 0 Å². The van der Waals surface area contributed by atoms with Crippen LogP contribution >= 0.6 is 11.6 Å². The molecule has 2 rings (SSSR count). The van der Waals surface area contributed by atoms with E-state index in [9.17, 15) is 9.59 Å². The van der Waals surface area contributed by atoms with Gasteiger partial charge in [0, 0.05) is 32.2 Å². The summed E-state index contributed by atoms with van der Waals surface area (Å²) in [7, 11) is 0. The lowest BCUT2D eigenvalue weighted by Gasteiger charge is -2.31. The molecule has 6 nitrogen and oxygen atoms in total. The van der Waals surface area contributed by atoms with Gasteiger partial charge < -0.3 is 9.64 Å². The van der Waals surface area contributed by atoms with Gasteiger partial charge in [-0.05, 0) is 6.42 Å². The number of ether oxygens (including phenoxy) is 1. The molecule has 18 heavy (non-hydrogen) atoms. The Kier molecular flexibility index (Phi) is 4.79. The number of nitrogens with zero attached hydrogens (tertiary/aromatic N) is 2. The maximum Gasteiger partial charge on any atom is 0.324 e. The summed E-state index contributed by atoms with van der Waals surface area (Å²) in [6.45, 7) is 4.70. The zero-order valence-electron chi connectivity index (χ0n) is 10.2. The molecule has 2 aliphatic heterocycles. The Labute approximate surface area is 111 Å². The van der Waals surface area contributed by atoms with E-state index >= 15 is 0 Å². The molecule has 0 aromatic carbocycles. The predicted octanol–water partition coefficient (Wildman–Crippen LogP) is -0.132. The molecule has 0 saturated carbocycles. The van der Waals surface area contributed by atoms with E-state index in [0.29, 0.717) is 19.1 Å². The number of hydrogen-bond donors (Lipinski definition) is 1. The number of urea groups is 1. The monoisotopic (exact) mass is 275 g/mol. The number of carbonyl (C=O) groups excluding carboxylic acids is 2. The van der Waals surface area contributed by atoms with Crippen LogP contribution in [0.3, 0.4) is 0 Å². The fourth-order valence-corrected chi connectivity index (χ4v) is 2.47. The van der Waals surface area contributed by atoms with Gasteiger partial charge in [0.15, 0.2) is 0 Å². The normalized spacial score (nSPS) is 25.2. The van der Waals surface area contributed by atoms with E-state index in [2.05, 4.69) is 10.2 Å². The largest absolute Gasteiger partial charge is 0.379 e. The first-order chi connectivity index (χ1) is 8.70. The Morgan fingerprint density at radius 2 is 2.00 bits per heavy atom. The maximum atomic E-state index is 11.7. The number of likely N-dealkylation sites (tertiary alicyclic amines) is 1. The highest BCUT2D eigenvalue weighted by atomic mass is 35.5. The van der Waals surface area contributed by atoms with Crippen molar-refractivity contribution in [3.8, 4) is 0 Å². The minimum atomic E-state index is -0.448. The average Bonchev–Trinajstić information content (AvgIpc) is 2.89. The number of morpholine rings is 1. The first-order valence-electron chi connectivity index (χ1n) is 6.17. The van der Waals surface area contributed by atoms with E-state index in [1.165, 1.54) is 0 Å². The Morgan fingerprint density at radius 3 is 2.67 bits per heavy atom. The second-order valence-corrected chi connectivity index (χ2v) is 4.79. The van der Waals surface area contributed by atoms with Crippen molar-refractivity contribution in [3.05, 3.63) is 0 Å². The standard InChI is InChI=1S/C11H18ClN3O3/c12-7-10(16)13-11(17)15-2-1-9(8-15)14-3-5-18-6-4-14/h9H,1-8H2,(H,13,16,17). The Balaban J connectivity index is 1.80. The summed E-state index contributed by atoms with van der Waals surface area (Å²) in [5.74, 6) is -0.636. The second kappa shape index (κ2) is 6.36. The van der Waals surface area contributed by atoms with Gasteiger partial charge in [0.1, 0.15) is 5.88 Å². The van der Waals surface area contributed by atoms with Crippen LogP contribution in [0, 0.1) is 0 Å². The summed E-state index contributed by atoms with van der Waals surface area (Å²) in [6, 6.07) is 0.0437. The molecule has 0 radical (unpaired) electrons. The Morgan fingerprint density at radius 1 is 1.28 bits per heavy atom. The summed E-state index contributed by atoms with van der Waals surface area (Å²) >= 11 is 5.35. The fraction of sp³-hybridized carbons (Fsp3) is 0.818. The van der Waals surface area contributed by atoms with Crippen molar-refractivity contribution in [1.82, 2.24) is 15.1 Å². The van der Waals surface area contributed by atoms with E-state index in [0.717, 1.165) is 32.7 Å². The highest BCUT2D eigenvalue weighted by Gasteiger charge is 2.31. The average molecular weight is 276 g/mol. The number of halogens is 1. The molecule has 0 spiro atoms. The third-order valence-corrected chi connectivity index (χ3v) is 3.62. The molecule has 0 bridgehead atoms. The van der Waals surface area contributed by atoms with Gasteiger partial charge in [-0.3, -0.25) is 15.0 Å². The van der Waals surface area contributed by atoms with Gasteiger partial charge in [0.05, 0.1) is 13.2 Å². The molecule has 2 saturated heterocycles. The summed E-state index contributed by atoms with van der Waals surface area (Å²) in [5, 5.41) is 2.27. The van der Waals surface area contributed by atoms with E-state index in [1.54, 1.807) is 4.90 Å². The smallest absolute Gasteiger partial charge is 0.324 e. The first-order valence-corrected chi connectivity index (χ1v) is 6.70. The van der Waals surface area contributed by atoms with Gasteiger partial charge in [-0.25, -0.2) is 4.79 Å². The van der Waals surface area contributed by atoms with Crippen LogP contribution in [0.25, 0.3) is 0 Å². The highest BCUT2D eigenvalue weighted by Crippen LogP contribution is 2.16. The minimum absolute atomic E-state index is 0.188. The number of amides is 3.